The predicted molar refractivity (Wildman–Crippen MR) is 142 cm³/mol. The van der Waals surface area contributed by atoms with Gasteiger partial charge in [-0.1, -0.05) is 24.3 Å². The largest absolute Gasteiger partial charge is 0.378 e. The highest BCUT2D eigenvalue weighted by molar-refractivity contribution is 5.94. The fraction of sp³-hybridized carbons (Fsp3) is 0.310. The van der Waals surface area contributed by atoms with E-state index in [9.17, 15) is 9.59 Å². The molecule has 3 aromatic carbocycles. The number of anilines is 3. The fourth-order valence-corrected chi connectivity index (χ4v) is 5.41. The number of amides is 2. The van der Waals surface area contributed by atoms with Crippen molar-refractivity contribution < 1.29 is 9.59 Å². The first-order valence-corrected chi connectivity index (χ1v) is 12.3. The Balaban J connectivity index is 1.52. The van der Waals surface area contributed by atoms with Crippen molar-refractivity contribution in [2.45, 2.75) is 52.2 Å². The van der Waals surface area contributed by atoms with E-state index in [0.29, 0.717) is 0 Å². The SMILES string of the molecule is CC(=O)Nc1cccc(-c2ccc3c(c2)[C@H](Nc2ccc4c(c2)CCNC4)C[C@H](C)N3C(C)=O)c1. The first-order chi connectivity index (χ1) is 16.9. The third-order valence-corrected chi connectivity index (χ3v) is 6.97. The van der Waals surface area contributed by atoms with Crippen LogP contribution in [0.15, 0.2) is 60.7 Å². The second-order valence-corrected chi connectivity index (χ2v) is 9.62. The lowest BCUT2D eigenvalue weighted by Gasteiger charge is -2.40. The van der Waals surface area contributed by atoms with Gasteiger partial charge in [-0.15, -0.1) is 0 Å². The number of fused-ring (bicyclic) bond motifs is 2. The topological polar surface area (TPSA) is 73.5 Å². The molecule has 2 aliphatic heterocycles. The molecule has 2 heterocycles. The number of carbonyl (C=O) groups is 2. The maximum atomic E-state index is 12.6. The van der Waals surface area contributed by atoms with Gasteiger partial charge in [0.05, 0.1) is 6.04 Å². The van der Waals surface area contributed by atoms with Gasteiger partial charge < -0.3 is 20.9 Å². The summed E-state index contributed by atoms with van der Waals surface area (Å²) in [5, 5.41) is 10.1. The minimum Gasteiger partial charge on any atom is -0.378 e. The molecule has 5 rings (SSSR count). The van der Waals surface area contributed by atoms with Crippen molar-refractivity contribution in [3.63, 3.8) is 0 Å². The summed E-state index contributed by atoms with van der Waals surface area (Å²) >= 11 is 0. The second-order valence-electron chi connectivity index (χ2n) is 9.62. The zero-order valence-electron chi connectivity index (χ0n) is 20.5. The number of benzene rings is 3. The molecule has 2 amide bonds. The maximum Gasteiger partial charge on any atom is 0.224 e. The van der Waals surface area contributed by atoms with E-state index in [2.05, 4.69) is 59.3 Å². The average molecular weight is 469 g/mol. The third-order valence-electron chi connectivity index (χ3n) is 6.97. The van der Waals surface area contributed by atoms with Gasteiger partial charge in [-0.2, -0.15) is 0 Å². The van der Waals surface area contributed by atoms with E-state index in [-0.39, 0.29) is 23.9 Å². The molecule has 0 unspecified atom stereocenters. The molecule has 6 nitrogen and oxygen atoms in total. The van der Waals surface area contributed by atoms with Gasteiger partial charge in [0.15, 0.2) is 0 Å². The lowest BCUT2D eigenvalue weighted by Crippen LogP contribution is -2.43. The average Bonchev–Trinajstić information content (AvgIpc) is 2.83. The minimum absolute atomic E-state index is 0.0545. The summed E-state index contributed by atoms with van der Waals surface area (Å²) in [4.78, 5) is 26.0. The summed E-state index contributed by atoms with van der Waals surface area (Å²) in [6, 6.07) is 21.0. The van der Waals surface area contributed by atoms with Crippen LogP contribution in [0.5, 0.6) is 0 Å². The van der Waals surface area contributed by atoms with E-state index in [1.165, 1.54) is 18.1 Å². The Bertz CT molecular complexity index is 1290. The molecule has 2 atom stereocenters. The molecular weight excluding hydrogens is 436 g/mol. The van der Waals surface area contributed by atoms with Gasteiger partial charge >= 0.3 is 0 Å². The van der Waals surface area contributed by atoms with Crippen LogP contribution in [0, 0.1) is 0 Å². The van der Waals surface area contributed by atoms with E-state index in [1.54, 1.807) is 6.92 Å². The van der Waals surface area contributed by atoms with E-state index in [4.69, 9.17) is 0 Å². The van der Waals surface area contributed by atoms with Crippen LogP contribution in [0.3, 0.4) is 0 Å². The molecule has 0 saturated heterocycles. The molecule has 180 valence electrons. The van der Waals surface area contributed by atoms with Crippen molar-refractivity contribution in [2.75, 3.05) is 22.1 Å². The van der Waals surface area contributed by atoms with Gasteiger partial charge in [0.1, 0.15) is 0 Å². The first kappa shape index (κ1) is 23.1. The molecule has 3 aromatic rings. The van der Waals surface area contributed by atoms with Gasteiger partial charge in [-0.05, 0) is 90.5 Å². The molecule has 2 aliphatic rings. The Morgan fingerprint density at radius 3 is 2.57 bits per heavy atom. The summed E-state index contributed by atoms with van der Waals surface area (Å²) < 4.78 is 0. The van der Waals surface area contributed by atoms with Gasteiger partial charge in [0, 0.05) is 43.5 Å². The van der Waals surface area contributed by atoms with E-state index >= 15 is 0 Å². The van der Waals surface area contributed by atoms with E-state index in [0.717, 1.165) is 59.7 Å². The summed E-state index contributed by atoms with van der Waals surface area (Å²) in [7, 11) is 0. The van der Waals surface area contributed by atoms with Crippen molar-refractivity contribution in [1.82, 2.24) is 5.32 Å². The molecule has 0 aliphatic carbocycles. The van der Waals surface area contributed by atoms with Crippen LogP contribution in [0.4, 0.5) is 17.1 Å². The van der Waals surface area contributed by atoms with Crippen LogP contribution in [-0.4, -0.2) is 24.4 Å². The van der Waals surface area contributed by atoms with Gasteiger partial charge in [0.2, 0.25) is 11.8 Å². The fourth-order valence-electron chi connectivity index (χ4n) is 5.41. The highest BCUT2D eigenvalue weighted by Crippen LogP contribution is 2.41. The minimum atomic E-state index is -0.0937. The standard InChI is InChI=1S/C29H32N4O2/c1-18-13-28(32-26-9-7-24-17-30-12-11-23(24)15-26)27-16-22(8-10-29(27)33(18)20(3)35)21-5-4-6-25(14-21)31-19(2)34/h4-10,14-16,18,28,30,32H,11-13,17H2,1-3H3,(H,31,34)/t18-,28+/m0/s1. The number of nitrogens with zero attached hydrogens (tertiary/aromatic N) is 1. The molecular formula is C29H32N4O2. The number of hydrogen-bond donors (Lipinski definition) is 3. The van der Waals surface area contributed by atoms with Crippen molar-refractivity contribution in [3.8, 4) is 11.1 Å². The summed E-state index contributed by atoms with van der Waals surface area (Å²) in [5.74, 6) is -0.0392. The Labute approximate surface area is 206 Å². The van der Waals surface area contributed by atoms with Crippen molar-refractivity contribution >= 4 is 28.9 Å². The lowest BCUT2D eigenvalue weighted by atomic mass is 9.88. The molecule has 0 saturated carbocycles. The molecule has 35 heavy (non-hydrogen) atoms. The summed E-state index contributed by atoms with van der Waals surface area (Å²) in [6.07, 6.45) is 1.86. The van der Waals surface area contributed by atoms with Crippen LogP contribution < -0.4 is 20.9 Å². The number of hydrogen-bond acceptors (Lipinski definition) is 4. The molecule has 0 aromatic heterocycles. The molecule has 6 heteroatoms. The summed E-state index contributed by atoms with van der Waals surface area (Å²) in [5.41, 5.74) is 8.78. The van der Waals surface area contributed by atoms with E-state index < -0.39 is 0 Å². The van der Waals surface area contributed by atoms with Crippen LogP contribution in [0.2, 0.25) is 0 Å². The zero-order valence-corrected chi connectivity index (χ0v) is 20.5. The second kappa shape index (κ2) is 9.55. The third kappa shape index (κ3) is 4.80. The number of nitrogens with one attached hydrogen (secondary N) is 3. The summed E-state index contributed by atoms with van der Waals surface area (Å²) in [6.45, 7) is 7.19. The molecule has 0 radical (unpaired) electrons. The number of carbonyl (C=O) groups excluding carboxylic acids is 2. The van der Waals surface area contributed by atoms with Gasteiger partial charge in [0.25, 0.3) is 0 Å². The zero-order chi connectivity index (χ0) is 24.5. The van der Waals surface area contributed by atoms with Crippen LogP contribution >= 0.6 is 0 Å². The quantitative estimate of drug-likeness (QED) is 0.489. The Kier molecular flexibility index (Phi) is 6.31. The van der Waals surface area contributed by atoms with Crippen LogP contribution in [0.1, 0.15) is 49.9 Å². The Morgan fingerprint density at radius 2 is 1.77 bits per heavy atom. The lowest BCUT2D eigenvalue weighted by molar-refractivity contribution is -0.117. The van der Waals surface area contributed by atoms with Crippen molar-refractivity contribution in [1.29, 1.82) is 0 Å². The monoisotopic (exact) mass is 468 g/mol. The van der Waals surface area contributed by atoms with Crippen LogP contribution in [0.25, 0.3) is 11.1 Å². The molecule has 3 N–H and O–H groups in total. The Hall–Kier alpha value is -3.64. The maximum absolute atomic E-state index is 12.6. The first-order valence-electron chi connectivity index (χ1n) is 12.3. The predicted octanol–water partition coefficient (Wildman–Crippen LogP) is 5.26. The van der Waals surface area contributed by atoms with Gasteiger partial charge in [-0.3, -0.25) is 9.59 Å². The van der Waals surface area contributed by atoms with Crippen LogP contribution in [-0.2, 0) is 22.6 Å². The highest BCUT2D eigenvalue weighted by Gasteiger charge is 2.32. The normalized spacial score (nSPS) is 18.9. The number of rotatable bonds is 4. The van der Waals surface area contributed by atoms with Crippen molar-refractivity contribution in [2.24, 2.45) is 0 Å². The molecule has 0 fully saturated rings. The van der Waals surface area contributed by atoms with E-state index in [1.807, 2.05) is 29.2 Å². The Morgan fingerprint density at radius 1 is 0.943 bits per heavy atom. The van der Waals surface area contributed by atoms with Crippen molar-refractivity contribution in [3.05, 3.63) is 77.4 Å². The smallest absolute Gasteiger partial charge is 0.224 e. The molecule has 0 bridgehead atoms. The highest BCUT2D eigenvalue weighted by atomic mass is 16.2. The van der Waals surface area contributed by atoms with Gasteiger partial charge in [-0.25, -0.2) is 0 Å². The molecule has 0 spiro atoms.